The molecule has 0 bridgehead atoms. The zero-order chi connectivity index (χ0) is 11.5. The number of carbonyl (C=O) groups is 1. The summed E-state index contributed by atoms with van der Waals surface area (Å²) < 4.78 is 26.3. The predicted octanol–water partition coefficient (Wildman–Crippen LogP) is 2.84. The topological polar surface area (TPSA) is 29.1 Å². The predicted molar refractivity (Wildman–Crippen MR) is 58.0 cm³/mol. The van der Waals surface area contributed by atoms with Crippen LogP contribution in [-0.4, -0.2) is 18.4 Å². The average molecular weight is 282 g/mol. The maximum Gasteiger partial charge on any atom is 0.248 e. The Labute approximate surface area is 96.2 Å². The van der Waals surface area contributed by atoms with Gasteiger partial charge in [-0.1, -0.05) is 22.5 Å². The van der Waals surface area contributed by atoms with Crippen LogP contribution < -0.4 is 5.32 Å². The molecule has 0 atom stereocenters. The highest BCUT2D eigenvalue weighted by Gasteiger charge is 2.37. The molecule has 86 valence electrons. The van der Waals surface area contributed by atoms with Crippen molar-refractivity contribution >= 4 is 21.8 Å². The molecule has 0 aromatic rings. The van der Waals surface area contributed by atoms with Crippen molar-refractivity contribution in [3.05, 3.63) is 11.1 Å². The summed E-state index contributed by atoms with van der Waals surface area (Å²) in [7, 11) is 0. The number of rotatable bonds is 3. The number of hydrogen-bond acceptors (Lipinski definition) is 1. The molecular weight excluding hydrogens is 268 g/mol. The summed E-state index contributed by atoms with van der Waals surface area (Å²) in [5.74, 6) is -2.99. The normalized spacial score (nSPS) is 21.0. The molecule has 5 heteroatoms. The lowest BCUT2D eigenvalue weighted by Crippen LogP contribution is -2.36. The third-order valence-corrected chi connectivity index (χ3v) is 2.82. The molecule has 0 heterocycles. The van der Waals surface area contributed by atoms with Crippen LogP contribution in [0.25, 0.3) is 0 Å². The van der Waals surface area contributed by atoms with E-state index in [1.54, 1.807) is 0 Å². The van der Waals surface area contributed by atoms with Crippen LogP contribution in [0.4, 0.5) is 8.78 Å². The third kappa shape index (κ3) is 4.28. The first-order valence-electron chi connectivity index (χ1n) is 4.89. The summed E-state index contributed by atoms with van der Waals surface area (Å²) in [4.78, 5) is 11.5. The van der Waals surface area contributed by atoms with E-state index in [1.165, 1.54) is 0 Å². The third-order valence-electron chi connectivity index (χ3n) is 2.54. The summed E-state index contributed by atoms with van der Waals surface area (Å²) in [6.07, 6.45) is 0.182. The van der Waals surface area contributed by atoms with Gasteiger partial charge in [0.05, 0.1) is 0 Å². The fraction of sp³-hybridized carbons (Fsp3) is 0.700. The Kier molecular flexibility index (Phi) is 4.25. The van der Waals surface area contributed by atoms with Crippen LogP contribution >= 0.6 is 15.9 Å². The van der Waals surface area contributed by atoms with E-state index >= 15 is 0 Å². The molecule has 0 spiro atoms. The second kappa shape index (κ2) is 5.05. The highest BCUT2D eigenvalue weighted by Crippen LogP contribution is 2.36. The summed E-state index contributed by atoms with van der Waals surface area (Å²) in [6.45, 7) is 3.93. The van der Waals surface area contributed by atoms with Gasteiger partial charge in [-0.15, -0.1) is 0 Å². The van der Waals surface area contributed by atoms with Crippen LogP contribution in [0.1, 0.15) is 25.7 Å². The van der Waals surface area contributed by atoms with E-state index in [9.17, 15) is 13.6 Å². The molecule has 15 heavy (non-hydrogen) atoms. The van der Waals surface area contributed by atoms with Gasteiger partial charge in [-0.3, -0.25) is 4.79 Å². The van der Waals surface area contributed by atoms with Gasteiger partial charge in [0.25, 0.3) is 0 Å². The van der Waals surface area contributed by atoms with Crippen LogP contribution in [-0.2, 0) is 4.79 Å². The van der Waals surface area contributed by atoms with Crippen molar-refractivity contribution in [2.75, 3.05) is 6.54 Å². The van der Waals surface area contributed by atoms with Crippen molar-refractivity contribution in [3.63, 3.8) is 0 Å². The van der Waals surface area contributed by atoms with Gasteiger partial charge in [0, 0.05) is 29.8 Å². The number of amides is 1. The Morgan fingerprint density at radius 1 is 1.47 bits per heavy atom. The Hall–Kier alpha value is -0.450. The van der Waals surface area contributed by atoms with Crippen LogP contribution in [0, 0.1) is 5.92 Å². The minimum absolute atomic E-state index is 0.147. The highest BCUT2D eigenvalue weighted by atomic mass is 79.9. The zero-order valence-corrected chi connectivity index (χ0v) is 9.95. The smallest absolute Gasteiger partial charge is 0.248 e. The van der Waals surface area contributed by atoms with Gasteiger partial charge in [0.2, 0.25) is 11.8 Å². The van der Waals surface area contributed by atoms with Crippen LogP contribution in [0.15, 0.2) is 11.1 Å². The van der Waals surface area contributed by atoms with Gasteiger partial charge in [0.1, 0.15) is 0 Å². The van der Waals surface area contributed by atoms with E-state index in [0.29, 0.717) is 11.0 Å². The van der Waals surface area contributed by atoms with E-state index in [2.05, 4.69) is 27.8 Å². The van der Waals surface area contributed by atoms with Crippen LogP contribution in [0.2, 0.25) is 0 Å². The fourth-order valence-corrected chi connectivity index (χ4v) is 1.77. The lowest BCUT2D eigenvalue weighted by Gasteiger charge is -2.27. The van der Waals surface area contributed by atoms with Crippen molar-refractivity contribution in [3.8, 4) is 0 Å². The molecule has 0 saturated heterocycles. The first-order valence-corrected chi connectivity index (χ1v) is 5.69. The van der Waals surface area contributed by atoms with Gasteiger partial charge >= 0.3 is 0 Å². The maximum absolute atomic E-state index is 12.8. The molecule has 1 saturated carbocycles. The maximum atomic E-state index is 12.8. The van der Waals surface area contributed by atoms with Gasteiger partial charge < -0.3 is 5.32 Å². The van der Waals surface area contributed by atoms with Crippen LogP contribution in [0.5, 0.6) is 0 Å². The molecule has 0 aliphatic heterocycles. The quantitative estimate of drug-likeness (QED) is 0.847. The Balaban J connectivity index is 2.33. The van der Waals surface area contributed by atoms with Crippen LogP contribution in [0.3, 0.4) is 0 Å². The molecule has 0 radical (unpaired) electrons. The molecule has 1 rings (SSSR count). The summed E-state index contributed by atoms with van der Waals surface area (Å²) in [5.41, 5.74) is 0. The van der Waals surface area contributed by atoms with E-state index in [4.69, 9.17) is 0 Å². The Morgan fingerprint density at radius 3 is 2.47 bits per heavy atom. The molecule has 2 nitrogen and oxygen atoms in total. The highest BCUT2D eigenvalue weighted by molar-refractivity contribution is 9.11. The standard InChI is InChI=1S/C10H14BrF2NO/c1-7(11)6-14-9(15)8-2-4-10(12,13)5-3-8/h8H,1-6H2,(H,14,15). The number of alkyl halides is 2. The van der Waals surface area contributed by atoms with Gasteiger partial charge in [-0.25, -0.2) is 8.78 Å². The summed E-state index contributed by atoms with van der Waals surface area (Å²) in [5, 5.41) is 2.65. The minimum atomic E-state index is -2.57. The van der Waals surface area contributed by atoms with E-state index in [1.807, 2.05) is 0 Å². The first kappa shape index (κ1) is 12.6. The van der Waals surface area contributed by atoms with E-state index in [-0.39, 0.29) is 37.5 Å². The summed E-state index contributed by atoms with van der Waals surface area (Å²) in [6, 6.07) is 0. The molecule has 1 aliphatic carbocycles. The number of hydrogen-bond donors (Lipinski definition) is 1. The second-order valence-electron chi connectivity index (χ2n) is 3.87. The fourth-order valence-electron chi connectivity index (χ4n) is 1.63. The van der Waals surface area contributed by atoms with E-state index in [0.717, 1.165) is 0 Å². The Bertz CT molecular complexity index is 258. The van der Waals surface area contributed by atoms with Gasteiger partial charge in [0.15, 0.2) is 0 Å². The van der Waals surface area contributed by atoms with Crippen molar-refractivity contribution in [2.24, 2.45) is 5.92 Å². The van der Waals surface area contributed by atoms with Crippen molar-refractivity contribution < 1.29 is 13.6 Å². The lowest BCUT2D eigenvalue weighted by atomic mass is 9.86. The molecule has 1 N–H and O–H groups in total. The number of halogens is 3. The van der Waals surface area contributed by atoms with Crippen molar-refractivity contribution in [1.82, 2.24) is 5.32 Å². The zero-order valence-electron chi connectivity index (χ0n) is 8.36. The minimum Gasteiger partial charge on any atom is -0.351 e. The molecule has 1 amide bonds. The number of carbonyl (C=O) groups excluding carboxylic acids is 1. The molecule has 0 aromatic carbocycles. The molecule has 1 aliphatic rings. The summed E-state index contributed by atoms with van der Waals surface area (Å²) >= 11 is 3.12. The molecule has 1 fully saturated rings. The first-order chi connectivity index (χ1) is 6.91. The van der Waals surface area contributed by atoms with E-state index < -0.39 is 5.92 Å². The second-order valence-corrected chi connectivity index (χ2v) is 4.99. The Morgan fingerprint density at radius 2 is 2.00 bits per heavy atom. The number of nitrogens with one attached hydrogen (secondary N) is 1. The monoisotopic (exact) mass is 281 g/mol. The van der Waals surface area contributed by atoms with Crippen molar-refractivity contribution in [1.29, 1.82) is 0 Å². The SMILES string of the molecule is C=C(Br)CNC(=O)C1CCC(F)(F)CC1. The molecule has 0 aromatic heterocycles. The molecule has 0 unspecified atom stereocenters. The average Bonchev–Trinajstić information content (AvgIpc) is 2.14. The van der Waals surface area contributed by atoms with Crippen molar-refractivity contribution in [2.45, 2.75) is 31.6 Å². The lowest BCUT2D eigenvalue weighted by molar-refractivity contribution is -0.128. The largest absolute Gasteiger partial charge is 0.351 e. The molecular formula is C10H14BrF2NO. The van der Waals surface area contributed by atoms with Gasteiger partial charge in [-0.05, 0) is 12.8 Å². The van der Waals surface area contributed by atoms with Gasteiger partial charge in [-0.2, -0.15) is 0 Å².